The molecule has 5 heteroatoms. The summed E-state index contributed by atoms with van der Waals surface area (Å²) in [6.45, 7) is 0.415. The summed E-state index contributed by atoms with van der Waals surface area (Å²) in [4.78, 5) is 0. The maximum Gasteiger partial charge on any atom is 0.144 e. The fraction of sp³-hybridized carbons (Fsp3) is 1.00. The third-order valence-corrected chi connectivity index (χ3v) is 3.21. The summed E-state index contributed by atoms with van der Waals surface area (Å²) in [6.07, 6.45) is -1.58. The number of aliphatic hydroxyl groups is 3. The van der Waals surface area contributed by atoms with Crippen LogP contribution in [-0.4, -0.2) is 57.4 Å². The van der Waals surface area contributed by atoms with Gasteiger partial charge in [-0.05, 0) is 12.8 Å². The SMILES string of the molecule is [O-][N+]12CCCC(O)C1C(O)C(O)C2. The van der Waals surface area contributed by atoms with Crippen LogP contribution < -0.4 is 0 Å². The van der Waals surface area contributed by atoms with Crippen LogP contribution >= 0.6 is 0 Å². The van der Waals surface area contributed by atoms with Gasteiger partial charge in [0.1, 0.15) is 30.9 Å². The molecule has 13 heavy (non-hydrogen) atoms. The number of nitrogens with zero attached hydrogens (tertiary/aromatic N) is 1. The molecule has 2 rings (SSSR count). The molecule has 5 unspecified atom stereocenters. The van der Waals surface area contributed by atoms with Crippen molar-refractivity contribution in [3.05, 3.63) is 5.21 Å². The predicted molar refractivity (Wildman–Crippen MR) is 44.4 cm³/mol. The molecule has 5 atom stereocenters. The monoisotopic (exact) mass is 189 g/mol. The Morgan fingerprint density at radius 3 is 2.46 bits per heavy atom. The number of fused-ring (bicyclic) bond motifs is 1. The van der Waals surface area contributed by atoms with Gasteiger partial charge in [-0.3, -0.25) is 0 Å². The number of quaternary nitrogens is 1. The molecule has 2 fully saturated rings. The van der Waals surface area contributed by atoms with Crippen molar-refractivity contribution in [3.8, 4) is 0 Å². The van der Waals surface area contributed by atoms with Gasteiger partial charge in [-0.2, -0.15) is 0 Å². The summed E-state index contributed by atoms with van der Waals surface area (Å²) < 4.78 is -0.622. The molecule has 2 aliphatic heterocycles. The van der Waals surface area contributed by atoms with Crippen LogP contribution in [0.15, 0.2) is 0 Å². The van der Waals surface area contributed by atoms with Gasteiger partial charge in [0.2, 0.25) is 0 Å². The van der Waals surface area contributed by atoms with Crippen molar-refractivity contribution in [1.82, 2.24) is 0 Å². The summed E-state index contributed by atoms with van der Waals surface area (Å²) in [6, 6.07) is -0.733. The minimum Gasteiger partial charge on any atom is -0.632 e. The van der Waals surface area contributed by atoms with Gasteiger partial charge in [0.05, 0.1) is 6.54 Å². The molecule has 3 N–H and O–H groups in total. The van der Waals surface area contributed by atoms with Crippen molar-refractivity contribution >= 4 is 0 Å². The first kappa shape index (κ1) is 9.36. The van der Waals surface area contributed by atoms with E-state index in [9.17, 15) is 20.5 Å². The van der Waals surface area contributed by atoms with Crippen LogP contribution in [0.4, 0.5) is 0 Å². The van der Waals surface area contributed by atoms with Crippen molar-refractivity contribution in [2.45, 2.75) is 37.2 Å². The largest absolute Gasteiger partial charge is 0.632 e. The number of hydrogen-bond acceptors (Lipinski definition) is 4. The Labute approximate surface area is 76.4 Å². The van der Waals surface area contributed by atoms with Gasteiger partial charge < -0.3 is 25.2 Å². The molecule has 0 aromatic rings. The quantitative estimate of drug-likeness (QED) is 0.322. The second-order valence-corrected chi connectivity index (χ2v) is 4.12. The summed E-state index contributed by atoms with van der Waals surface area (Å²) in [7, 11) is 0. The second-order valence-electron chi connectivity index (χ2n) is 4.12. The molecular weight excluding hydrogens is 174 g/mol. The molecule has 0 amide bonds. The molecule has 0 aromatic carbocycles. The molecule has 2 heterocycles. The fourth-order valence-electron chi connectivity index (χ4n) is 2.57. The zero-order valence-electron chi connectivity index (χ0n) is 7.33. The number of piperidine rings is 1. The molecule has 5 nitrogen and oxygen atoms in total. The molecule has 76 valence electrons. The molecular formula is C8H15NO4. The first-order chi connectivity index (χ1) is 6.04. The molecule has 2 aliphatic rings. The average Bonchev–Trinajstić information content (AvgIpc) is 2.24. The van der Waals surface area contributed by atoms with E-state index in [0.29, 0.717) is 19.4 Å². The van der Waals surface area contributed by atoms with Gasteiger partial charge in [0, 0.05) is 0 Å². The van der Waals surface area contributed by atoms with Crippen LogP contribution in [0, 0.1) is 5.21 Å². The van der Waals surface area contributed by atoms with Crippen molar-refractivity contribution in [2.24, 2.45) is 0 Å². The molecule has 0 aliphatic carbocycles. The number of hydrogen-bond donors (Lipinski definition) is 3. The Balaban J connectivity index is 2.24. The van der Waals surface area contributed by atoms with Crippen LogP contribution in [0.25, 0.3) is 0 Å². The molecule has 0 radical (unpaired) electrons. The van der Waals surface area contributed by atoms with E-state index >= 15 is 0 Å². The van der Waals surface area contributed by atoms with E-state index in [-0.39, 0.29) is 6.54 Å². The van der Waals surface area contributed by atoms with E-state index < -0.39 is 29.0 Å². The maximum absolute atomic E-state index is 12.0. The molecule has 0 spiro atoms. The van der Waals surface area contributed by atoms with Crippen LogP contribution in [0.5, 0.6) is 0 Å². The number of hydroxylamine groups is 3. The van der Waals surface area contributed by atoms with Gasteiger partial charge in [-0.25, -0.2) is 0 Å². The van der Waals surface area contributed by atoms with Gasteiger partial charge in [0.25, 0.3) is 0 Å². The van der Waals surface area contributed by atoms with Gasteiger partial charge >= 0.3 is 0 Å². The van der Waals surface area contributed by atoms with E-state index in [1.165, 1.54) is 0 Å². The molecule has 0 aromatic heterocycles. The highest BCUT2D eigenvalue weighted by atomic mass is 16.6. The van der Waals surface area contributed by atoms with Crippen LogP contribution in [-0.2, 0) is 0 Å². The van der Waals surface area contributed by atoms with Crippen molar-refractivity contribution < 1.29 is 20.0 Å². The lowest BCUT2D eigenvalue weighted by atomic mass is 9.96. The van der Waals surface area contributed by atoms with Crippen LogP contribution in [0.2, 0.25) is 0 Å². The second kappa shape index (κ2) is 2.90. The van der Waals surface area contributed by atoms with Crippen molar-refractivity contribution in [1.29, 1.82) is 0 Å². The Kier molecular flexibility index (Phi) is 2.08. The van der Waals surface area contributed by atoms with E-state index in [2.05, 4.69) is 0 Å². The van der Waals surface area contributed by atoms with E-state index in [4.69, 9.17) is 0 Å². The average molecular weight is 189 g/mol. The third-order valence-electron chi connectivity index (χ3n) is 3.21. The summed E-state index contributed by atoms with van der Waals surface area (Å²) in [5, 5.41) is 40.4. The minimum absolute atomic E-state index is 0.0168. The number of rotatable bonds is 0. The first-order valence-electron chi connectivity index (χ1n) is 4.66. The minimum atomic E-state index is -1.06. The summed E-state index contributed by atoms with van der Waals surface area (Å²) in [5.74, 6) is 0. The highest BCUT2D eigenvalue weighted by Crippen LogP contribution is 2.34. The first-order valence-corrected chi connectivity index (χ1v) is 4.66. The smallest absolute Gasteiger partial charge is 0.144 e. The van der Waals surface area contributed by atoms with Crippen LogP contribution in [0.3, 0.4) is 0 Å². The lowest BCUT2D eigenvalue weighted by Crippen LogP contribution is -2.58. The molecule has 2 saturated heterocycles. The van der Waals surface area contributed by atoms with Crippen LogP contribution in [0.1, 0.15) is 12.8 Å². The lowest BCUT2D eigenvalue weighted by Gasteiger charge is -2.49. The summed E-state index contributed by atoms with van der Waals surface area (Å²) >= 11 is 0. The Bertz CT molecular complexity index is 212. The highest BCUT2D eigenvalue weighted by Gasteiger charge is 2.53. The standard InChI is InChI=1S/C8H15NO4/c10-5-2-1-3-9(13)4-6(11)8(12)7(5)9/h5-8,10-12H,1-4H2. The molecule has 0 saturated carbocycles. The zero-order chi connectivity index (χ0) is 9.64. The van der Waals surface area contributed by atoms with E-state index in [1.54, 1.807) is 0 Å². The van der Waals surface area contributed by atoms with Crippen molar-refractivity contribution in [3.63, 3.8) is 0 Å². The maximum atomic E-state index is 12.0. The summed E-state index contributed by atoms with van der Waals surface area (Å²) in [5.41, 5.74) is 0. The lowest BCUT2D eigenvalue weighted by molar-refractivity contribution is -0.904. The highest BCUT2D eigenvalue weighted by molar-refractivity contribution is 4.92. The Hall–Kier alpha value is -0.200. The van der Waals surface area contributed by atoms with Gasteiger partial charge in [-0.15, -0.1) is 0 Å². The van der Waals surface area contributed by atoms with E-state index in [1.807, 2.05) is 0 Å². The van der Waals surface area contributed by atoms with Gasteiger partial charge in [-0.1, -0.05) is 0 Å². The van der Waals surface area contributed by atoms with E-state index in [0.717, 1.165) is 0 Å². The Morgan fingerprint density at radius 2 is 1.85 bits per heavy atom. The molecule has 0 bridgehead atoms. The fourth-order valence-corrected chi connectivity index (χ4v) is 2.57. The predicted octanol–water partition coefficient (Wildman–Crippen LogP) is -1.44. The Morgan fingerprint density at radius 1 is 1.15 bits per heavy atom. The normalized spacial score (nSPS) is 56.3. The topological polar surface area (TPSA) is 83.8 Å². The van der Waals surface area contributed by atoms with Gasteiger partial charge in [0.15, 0.2) is 0 Å². The van der Waals surface area contributed by atoms with Crippen molar-refractivity contribution in [2.75, 3.05) is 13.1 Å². The third kappa shape index (κ3) is 1.28. The number of aliphatic hydroxyl groups excluding tert-OH is 3. The zero-order valence-corrected chi connectivity index (χ0v) is 7.33.